The third-order valence-corrected chi connectivity index (χ3v) is 7.15. The van der Waals surface area contributed by atoms with Crippen molar-refractivity contribution in [2.45, 2.75) is 64.8 Å². The van der Waals surface area contributed by atoms with Crippen molar-refractivity contribution in [3.05, 3.63) is 42.0 Å². The van der Waals surface area contributed by atoms with Crippen molar-refractivity contribution < 1.29 is 0 Å². The van der Waals surface area contributed by atoms with Crippen molar-refractivity contribution in [3.63, 3.8) is 0 Å². The van der Waals surface area contributed by atoms with E-state index in [4.69, 9.17) is 22.2 Å². The minimum absolute atomic E-state index is 0.499. The highest BCUT2D eigenvalue weighted by Crippen LogP contribution is 2.29. The minimum atomic E-state index is 0.499. The summed E-state index contributed by atoms with van der Waals surface area (Å²) in [6.07, 6.45) is 8.21. The van der Waals surface area contributed by atoms with E-state index in [0.29, 0.717) is 17.1 Å². The first-order chi connectivity index (χ1) is 16.1. The molecule has 0 radical (unpaired) electrons. The van der Waals surface area contributed by atoms with Gasteiger partial charge < -0.3 is 20.4 Å². The number of nitrogens with zero attached hydrogens (tertiary/aromatic N) is 4. The van der Waals surface area contributed by atoms with Crippen LogP contribution in [0.15, 0.2) is 36.4 Å². The van der Waals surface area contributed by atoms with Crippen LogP contribution < -0.4 is 20.4 Å². The van der Waals surface area contributed by atoms with E-state index in [1.807, 2.05) is 0 Å². The molecule has 0 bridgehead atoms. The zero-order valence-corrected chi connectivity index (χ0v) is 20.9. The number of aromatic nitrogens is 2. The summed E-state index contributed by atoms with van der Waals surface area (Å²) in [6.45, 7) is 8.61. The lowest BCUT2D eigenvalue weighted by Gasteiger charge is -2.36. The smallest absolute Gasteiger partial charge is 0.232 e. The summed E-state index contributed by atoms with van der Waals surface area (Å²) in [5, 5.41) is 7.18. The highest BCUT2D eigenvalue weighted by molar-refractivity contribution is 7.80. The SMILES string of the molecule is CC1CCN(c2cc(N3CCCC[C@@H]3C)nc(NC(=S)NCCCc3ccccc3)n2)CC1. The van der Waals surface area contributed by atoms with Gasteiger partial charge in [-0.25, -0.2) is 0 Å². The number of nitrogens with one attached hydrogen (secondary N) is 2. The first-order valence-electron chi connectivity index (χ1n) is 12.6. The predicted molar refractivity (Wildman–Crippen MR) is 142 cm³/mol. The quantitative estimate of drug-likeness (QED) is 0.439. The Hall–Kier alpha value is -2.41. The maximum atomic E-state index is 5.57. The molecular weight excluding hydrogens is 428 g/mol. The summed E-state index contributed by atoms with van der Waals surface area (Å²) in [4.78, 5) is 14.6. The summed E-state index contributed by atoms with van der Waals surface area (Å²) >= 11 is 5.57. The number of benzene rings is 1. The topological polar surface area (TPSA) is 56.3 Å². The molecule has 1 aromatic carbocycles. The highest BCUT2D eigenvalue weighted by Gasteiger charge is 2.24. The van der Waals surface area contributed by atoms with Gasteiger partial charge in [0.25, 0.3) is 0 Å². The molecule has 2 saturated heterocycles. The molecule has 0 unspecified atom stereocenters. The van der Waals surface area contributed by atoms with Crippen molar-refractivity contribution in [2.24, 2.45) is 5.92 Å². The molecule has 2 N–H and O–H groups in total. The number of piperidine rings is 2. The van der Waals surface area contributed by atoms with Gasteiger partial charge >= 0.3 is 0 Å². The van der Waals surface area contributed by atoms with Crippen molar-refractivity contribution in [2.75, 3.05) is 41.3 Å². The lowest BCUT2D eigenvalue weighted by atomic mass is 9.99. The van der Waals surface area contributed by atoms with Crippen LogP contribution in [0.1, 0.15) is 57.9 Å². The van der Waals surface area contributed by atoms with Gasteiger partial charge in [-0.15, -0.1) is 0 Å². The standard InChI is InChI=1S/C26H38N6S/c1-20-13-17-31(18-14-20)23-19-24(32-16-7-6-9-21(32)2)29-25(28-23)30-26(33)27-15-8-12-22-10-4-3-5-11-22/h3-5,10-11,19-21H,6-9,12-18H2,1-2H3,(H2,27,28,29,30,33)/t21-/m0/s1. The molecule has 2 fully saturated rings. The fraction of sp³-hybridized carbons (Fsp3) is 0.577. The van der Waals surface area contributed by atoms with Crippen LogP contribution in [0.2, 0.25) is 0 Å². The molecule has 0 aliphatic carbocycles. The van der Waals surface area contributed by atoms with E-state index >= 15 is 0 Å². The third-order valence-electron chi connectivity index (χ3n) is 6.90. The number of anilines is 3. The number of rotatable bonds is 7. The Balaban J connectivity index is 1.41. The van der Waals surface area contributed by atoms with Crippen LogP contribution in [0.3, 0.4) is 0 Å². The van der Waals surface area contributed by atoms with Gasteiger partial charge in [0.1, 0.15) is 11.6 Å². The monoisotopic (exact) mass is 466 g/mol. The number of hydrogen-bond acceptors (Lipinski definition) is 5. The summed E-state index contributed by atoms with van der Waals surface area (Å²) in [6, 6.07) is 13.2. The van der Waals surface area contributed by atoms with Crippen LogP contribution in [0, 0.1) is 5.92 Å². The molecular formula is C26H38N6S. The van der Waals surface area contributed by atoms with Crippen LogP contribution in [0.5, 0.6) is 0 Å². The third kappa shape index (κ3) is 6.79. The second kappa shape index (κ2) is 11.6. The Bertz CT molecular complexity index is 897. The van der Waals surface area contributed by atoms with Gasteiger partial charge in [-0.2, -0.15) is 9.97 Å². The normalized spacial score (nSPS) is 19.4. The van der Waals surface area contributed by atoms with Gasteiger partial charge in [-0.3, -0.25) is 0 Å². The van der Waals surface area contributed by atoms with Gasteiger partial charge in [-0.05, 0) is 75.6 Å². The van der Waals surface area contributed by atoms with Crippen LogP contribution in [0.25, 0.3) is 0 Å². The van der Waals surface area contributed by atoms with E-state index in [1.54, 1.807) is 0 Å². The van der Waals surface area contributed by atoms with E-state index < -0.39 is 0 Å². The summed E-state index contributed by atoms with van der Waals surface area (Å²) in [5.74, 6) is 3.41. The summed E-state index contributed by atoms with van der Waals surface area (Å²) in [5.41, 5.74) is 1.35. The van der Waals surface area contributed by atoms with E-state index in [2.05, 4.69) is 70.7 Å². The first-order valence-corrected chi connectivity index (χ1v) is 13.0. The Morgan fingerprint density at radius 3 is 2.52 bits per heavy atom. The predicted octanol–water partition coefficient (Wildman–Crippen LogP) is 5.01. The largest absolute Gasteiger partial charge is 0.362 e. The van der Waals surface area contributed by atoms with Crippen LogP contribution in [0.4, 0.5) is 17.6 Å². The molecule has 4 rings (SSSR count). The molecule has 1 atom stereocenters. The van der Waals surface area contributed by atoms with E-state index in [0.717, 1.165) is 56.6 Å². The van der Waals surface area contributed by atoms with Crippen molar-refractivity contribution >= 4 is 34.9 Å². The lowest BCUT2D eigenvalue weighted by molar-refractivity contribution is 0.436. The highest BCUT2D eigenvalue weighted by atomic mass is 32.1. The molecule has 0 saturated carbocycles. The van der Waals surface area contributed by atoms with Gasteiger partial charge in [0, 0.05) is 38.3 Å². The number of thiocarbonyl (C=S) groups is 1. The van der Waals surface area contributed by atoms with Crippen LogP contribution >= 0.6 is 12.2 Å². The van der Waals surface area contributed by atoms with Crippen LogP contribution in [-0.2, 0) is 6.42 Å². The molecule has 2 aliphatic rings. The summed E-state index contributed by atoms with van der Waals surface area (Å²) < 4.78 is 0. The Morgan fingerprint density at radius 1 is 1.00 bits per heavy atom. The van der Waals surface area contributed by atoms with Gasteiger partial charge in [0.15, 0.2) is 5.11 Å². The molecule has 33 heavy (non-hydrogen) atoms. The zero-order valence-electron chi connectivity index (χ0n) is 20.1. The number of aryl methyl sites for hydroxylation is 1. The average Bonchev–Trinajstić information content (AvgIpc) is 2.83. The molecule has 2 aliphatic heterocycles. The fourth-order valence-corrected chi connectivity index (χ4v) is 4.94. The summed E-state index contributed by atoms with van der Waals surface area (Å²) in [7, 11) is 0. The maximum absolute atomic E-state index is 5.57. The molecule has 1 aromatic heterocycles. The second-order valence-corrected chi connectivity index (χ2v) is 9.99. The molecule has 7 heteroatoms. The van der Waals surface area contributed by atoms with Crippen molar-refractivity contribution in [3.8, 4) is 0 Å². The molecule has 6 nitrogen and oxygen atoms in total. The zero-order chi connectivity index (χ0) is 23.0. The second-order valence-electron chi connectivity index (χ2n) is 9.59. The first kappa shape index (κ1) is 23.7. The Morgan fingerprint density at radius 2 is 1.76 bits per heavy atom. The molecule has 2 aromatic rings. The van der Waals surface area contributed by atoms with E-state index in [-0.39, 0.29) is 0 Å². The van der Waals surface area contributed by atoms with Crippen LogP contribution in [-0.4, -0.2) is 47.3 Å². The lowest BCUT2D eigenvalue weighted by Crippen LogP contribution is -2.39. The molecule has 0 spiro atoms. The van der Waals surface area contributed by atoms with Gasteiger partial charge in [0.05, 0.1) is 0 Å². The molecule has 3 heterocycles. The minimum Gasteiger partial charge on any atom is -0.362 e. The molecule has 178 valence electrons. The Labute approximate surface area is 204 Å². The van der Waals surface area contributed by atoms with E-state index in [9.17, 15) is 0 Å². The average molecular weight is 467 g/mol. The van der Waals surface area contributed by atoms with E-state index in [1.165, 1.54) is 37.7 Å². The van der Waals surface area contributed by atoms with Crippen molar-refractivity contribution in [1.82, 2.24) is 15.3 Å². The fourth-order valence-electron chi connectivity index (χ4n) is 4.75. The molecule has 0 amide bonds. The van der Waals surface area contributed by atoms with Gasteiger partial charge in [-0.1, -0.05) is 37.3 Å². The van der Waals surface area contributed by atoms with Crippen molar-refractivity contribution in [1.29, 1.82) is 0 Å². The number of hydrogen-bond donors (Lipinski definition) is 2. The van der Waals surface area contributed by atoms with Gasteiger partial charge in [0.2, 0.25) is 5.95 Å². The maximum Gasteiger partial charge on any atom is 0.232 e. The Kier molecular flexibility index (Phi) is 8.37.